The fraction of sp³-hybridized carbons (Fsp3) is 0.625. The number of hydrogen-bond donors (Lipinski definition) is 1. The normalized spacial score (nSPS) is 18.4. The van der Waals surface area contributed by atoms with Crippen molar-refractivity contribution in [3.05, 3.63) is 35.9 Å². The topological polar surface area (TPSA) is 15.3 Å². The summed E-state index contributed by atoms with van der Waals surface area (Å²) in [5, 5.41) is 3.39. The molecule has 1 aromatic rings. The van der Waals surface area contributed by atoms with Gasteiger partial charge in [0, 0.05) is 19.6 Å². The van der Waals surface area contributed by atoms with E-state index in [0.29, 0.717) is 5.41 Å². The summed E-state index contributed by atoms with van der Waals surface area (Å²) in [5.41, 5.74) is 1.93. The SMILES string of the molecule is CNCC1(CN(C)Cc2ccccc2)CCCC1. The molecule has 2 nitrogen and oxygen atoms in total. The van der Waals surface area contributed by atoms with Crippen molar-refractivity contribution in [2.75, 3.05) is 27.2 Å². The van der Waals surface area contributed by atoms with E-state index in [9.17, 15) is 0 Å². The molecule has 0 bridgehead atoms. The predicted octanol–water partition coefficient (Wildman–Crippen LogP) is 2.90. The summed E-state index contributed by atoms with van der Waals surface area (Å²) in [6, 6.07) is 10.8. The minimum atomic E-state index is 0.512. The molecule has 1 fully saturated rings. The summed E-state index contributed by atoms with van der Waals surface area (Å²) in [6.07, 6.45) is 5.57. The van der Waals surface area contributed by atoms with Crippen LogP contribution in [-0.4, -0.2) is 32.1 Å². The minimum Gasteiger partial charge on any atom is -0.319 e. The van der Waals surface area contributed by atoms with Gasteiger partial charge in [-0.25, -0.2) is 0 Å². The van der Waals surface area contributed by atoms with Gasteiger partial charge in [0.2, 0.25) is 0 Å². The molecule has 1 aliphatic rings. The molecule has 1 saturated carbocycles. The zero-order valence-corrected chi connectivity index (χ0v) is 11.8. The third-order valence-electron chi connectivity index (χ3n) is 4.12. The van der Waals surface area contributed by atoms with Crippen LogP contribution in [0.25, 0.3) is 0 Å². The van der Waals surface area contributed by atoms with Crippen LogP contribution in [-0.2, 0) is 6.54 Å². The average molecular weight is 246 g/mol. The third-order valence-corrected chi connectivity index (χ3v) is 4.12. The molecule has 0 heterocycles. The smallest absolute Gasteiger partial charge is 0.0230 e. The maximum absolute atomic E-state index is 3.39. The molecule has 0 saturated heterocycles. The van der Waals surface area contributed by atoms with E-state index < -0.39 is 0 Å². The Morgan fingerprint density at radius 2 is 1.83 bits per heavy atom. The van der Waals surface area contributed by atoms with E-state index in [1.807, 2.05) is 0 Å². The van der Waals surface area contributed by atoms with Gasteiger partial charge in [0.1, 0.15) is 0 Å². The van der Waals surface area contributed by atoms with E-state index in [0.717, 1.165) is 13.1 Å². The number of hydrogen-bond acceptors (Lipinski definition) is 2. The number of benzene rings is 1. The van der Waals surface area contributed by atoms with E-state index in [1.165, 1.54) is 37.8 Å². The highest BCUT2D eigenvalue weighted by atomic mass is 15.1. The summed E-state index contributed by atoms with van der Waals surface area (Å²) in [6.45, 7) is 3.43. The van der Waals surface area contributed by atoms with Crippen molar-refractivity contribution in [1.82, 2.24) is 10.2 Å². The van der Waals surface area contributed by atoms with Gasteiger partial charge in [-0.2, -0.15) is 0 Å². The van der Waals surface area contributed by atoms with Crippen LogP contribution in [0.15, 0.2) is 30.3 Å². The molecule has 0 spiro atoms. The predicted molar refractivity (Wildman–Crippen MR) is 77.6 cm³/mol. The standard InChI is InChI=1S/C16H26N2/c1-17-13-16(10-6-7-11-16)14-18(2)12-15-8-4-3-5-9-15/h3-5,8-9,17H,6-7,10-14H2,1-2H3. The molecule has 0 amide bonds. The van der Waals surface area contributed by atoms with Gasteiger partial charge < -0.3 is 10.2 Å². The molecule has 1 aliphatic carbocycles. The monoisotopic (exact) mass is 246 g/mol. The highest BCUT2D eigenvalue weighted by molar-refractivity contribution is 5.14. The third kappa shape index (κ3) is 3.56. The largest absolute Gasteiger partial charge is 0.319 e. The number of rotatable bonds is 6. The zero-order chi connectivity index (χ0) is 12.8. The Balaban J connectivity index is 1.91. The molecule has 0 radical (unpaired) electrons. The van der Waals surface area contributed by atoms with Gasteiger partial charge in [0.15, 0.2) is 0 Å². The molecule has 0 unspecified atom stereocenters. The molecular weight excluding hydrogens is 220 g/mol. The van der Waals surface area contributed by atoms with Crippen molar-refractivity contribution in [2.45, 2.75) is 32.2 Å². The van der Waals surface area contributed by atoms with Crippen molar-refractivity contribution < 1.29 is 0 Å². The second-order valence-corrected chi connectivity index (χ2v) is 5.90. The molecule has 2 rings (SSSR count). The van der Waals surface area contributed by atoms with Gasteiger partial charge in [-0.3, -0.25) is 0 Å². The summed E-state index contributed by atoms with van der Waals surface area (Å²) in [5.74, 6) is 0. The summed E-state index contributed by atoms with van der Waals surface area (Å²) in [4.78, 5) is 2.48. The van der Waals surface area contributed by atoms with E-state index in [-0.39, 0.29) is 0 Å². The van der Waals surface area contributed by atoms with Crippen LogP contribution in [0.1, 0.15) is 31.2 Å². The maximum atomic E-state index is 3.39. The Hall–Kier alpha value is -0.860. The van der Waals surface area contributed by atoms with Gasteiger partial charge >= 0.3 is 0 Å². The van der Waals surface area contributed by atoms with Crippen LogP contribution in [0.4, 0.5) is 0 Å². The van der Waals surface area contributed by atoms with E-state index in [4.69, 9.17) is 0 Å². The summed E-state index contributed by atoms with van der Waals surface area (Å²) < 4.78 is 0. The maximum Gasteiger partial charge on any atom is 0.0230 e. The fourth-order valence-electron chi connectivity index (χ4n) is 3.41. The highest BCUT2D eigenvalue weighted by Gasteiger charge is 2.33. The molecule has 1 aromatic carbocycles. The second kappa shape index (κ2) is 6.35. The van der Waals surface area contributed by atoms with Crippen LogP contribution in [0.5, 0.6) is 0 Å². The van der Waals surface area contributed by atoms with Crippen molar-refractivity contribution in [1.29, 1.82) is 0 Å². The van der Waals surface area contributed by atoms with Gasteiger partial charge in [-0.05, 0) is 37.9 Å². The Kier molecular flexibility index (Phi) is 4.79. The second-order valence-electron chi connectivity index (χ2n) is 5.90. The molecule has 0 aliphatic heterocycles. The first-order chi connectivity index (χ1) is 8.74. The van der Waals surface area contributed by atoms with Crippen molar-refractivity contribution in [2.24, 2.45) is 5.41 Å². The first-order valence-corrected chi connectivity index (χ1v) is 7.11. The van der Waals surface area contributed by atoms with Crippen LogP contribution >= 0.6 is 0 Å². The van der Waals surface area contributed by atoms with Crippen LogP contribution in [0.2, 0.25) is 0 Å². The lowest BCUT2D eigenvalue weighted by molar-refractivity contribution is 0.170. The summed E-state index contributed by atoms with van der Waals surface area (Å²) >= 11 is 0. The Bertz CT molecular complexity index is 341. The van der Waals surface area contributed by atoms with Gasteiger partial charge in [-0.1, -0.05) is 43.2 Å². The highest BCUT2D eigenvalue weighted by Crippen LogP contribution is 2.38. The number of nitrogens with zero attached hydrogens (tertiary/aromatic N) is 1. The average Bonchev–Trinajstić information content (AvgIpc) is 2.79. The molecular formula is C16H26N2. The lowest BCUT2D eigenvalue weighted by Gasteiger charge is -2.33. The Morgan fingerprint density at radius 3 is 2.44 bits per heavy atom. The minimum absolute atomic E-state index is 0.512. The molecule has 2 heteroatoms. The van der Waals surface area contributed by atoms with E-state index >= 15 is 0 Å². The fourth-order valence-corrected chi connectivity index (χ4v) is 3.41. The molecule has 1 N–H and O–H groups in total. The van der Waals surface area contributed by atoms with Gasteiger partial charge in [-0.15, -0.1) is 0 Å². The molecule has 100 valence electrons. The van der Waals surface area contributed by atoms with E-state index in [1.54, 1.807) is 0 Å². The zero-order valence-electron chi connectivity index (χ0n) is 11.8. The quantitative estimate of drug-likeness (QED) is 0.830. The molecule has 0 aromatic heterocycles. The van der Waals surface area contributed by atoms with Crippen molar-refractivity contribution >= 4 is 0 Å². The Morgan fingerprint density at radius 1 is 1.17 bits per heavy atom. The van der Waals surface area contributed by atoms with Crippen LogP contribution < -0.4 is 5.32 Å². The summed E-state index contributed by atoms with van der Waals surface area (Å²) in [7, 11) is 4.33. The first kappa shape index (κ1) is 13.6. The van der Waals surface area contributed by atoms with Gasteiger partial charge in [0.05, 0.1) is 0 Å². The molecule has 0 atom stereocenters. The van der Waals surface area contributed by atoms with E-state index in [2.05, 4.69) is 54.6 Å². The molecule has 18 heavy (non-hydrogen) atoms. The van der Waals surface area contributed by atoms with Crippen molar-refractivity contribution in [3.63, 3.8) is 0 Å². The lowest BCUT2D eigenvalue weighted by atomic mass is 9.85. The first-order valence-electron chi connectivity index (χ1n) is 7.11. The van der Waals surface area contributed by atoms with Crippen LogP contribution in [0, 0.1) is 5.41 Å². The van der Waals surface area contributed by atoms with Gasteiger partial charge in [0.25, 0.3) is 0 Å². The lowest BCUT2D eigenvalue weighted by Crippen LogP contribution is -2.40. The Labute approximate surface area is 111 Å². The number of nitrogens with one attached hydrogen (secondary N) is 1. The van der Waals surface area contributed by atoms with Crippen molar-refractivity contribution in [3.8, 4) is 0 Å². The van der Waals surface area contributed by atoms with Crippen LogP contribution in [0.3, 0.4) is 0 Å².